The van der Waals surface area contributed by atoms with Crippen molar-refractivity contribution in [2.45, 2.75) is 33.0 Å². The van der Waals surface area contributed by atoms with Crippen LogP contribution >= 0.6 is 0 Å². The number of carbonyl (C=O) groups is 1. The number of rotatable bonds is 7. The first-order chi connectivity index (χ1) is 9.93. The minimum Gasteiger partial charge on any atom is -0.435 e. The summed E-state index contributed by atoms with van der Waals surface area (Å²) in [4.78, 5) is 11.7. The quantitative estimate of drug-likeness (QED) is 0.761. The molecule has 6 heteroatoms. The number of alkyl halides is 2. The van der Waals surface area contributed by atoms with Gasteiger partial charge in [-0.1, -0.05) is 25.1 Å². The standard InChI is InChI=1S/C15H19F2NO3/c1-3-5-10(2)14(20)18-9-13(19)11-6-4-7-12(8-11)21-15(16)17/h4-8,13,15,19H,3,9H2,1-2H3,(H,18,20)/b10-5-. The minimum absolute atomic E-state index is 0.00808. The van der Waals surface area contributed by atoms with Crippen LogP contribution in [0, 0.1) is 0 Å². The van der Waals surface area contributed by atoms with E-state index in [1.165, 1.54) is 18.2 Å². The van der Waals surface area contributed by atoms with E-state index >= 15 is 0 Å². The van der Waals surface area contributed by atoms with E-state index in [1.54, 1.807) is 19.1 Å². The van der Waals surface area contributed by atoms with Crippen LogP contribution in [0.2, 0.25) is 0 Å². The summed E-state index contributed by atoms with van der Waals surface area (Å²) < 4.78 is 28.5. The van der Waals surface area contributed by atoms with Crippen molar-refractivity contribution in [1.29, 1.82) is 0 Å². The van der Waals surface area contributed by atoms with Gasteiger partial charge in [0, 0.05) is 12.1 Å². The molecule has 1 aromatic carbocycles. The van der Waals surface area contributed by atoms with Gasteiger partial charge < -0.3 is 15.2 Å². The second kappa shape index (κ2) is 8.36. The average Bonchev–Trinajstić information content (AvgIpc) is 2.44. The van der Waals surface area contributed by atoms with Crippen molar-refractivity contribution in [3.05, 3.63) is 41.5 Å². The van der Waals surface area contributed by atoms with Crippen molar-refractivity contribution in [2.75, 3.05) is 6.54 Å². The lowest BCUT2D eigenvalue weighted by Gasteiger charge is -2.14. The Balaban J connectivity index is 2.61. The van der Waals surface area contributed by atoms with Crippen LogP contribution in [0.1, 0.15) is 31.9 Å². The first kappa shape index (κ1) is 17.1. The number of hydrogen-bond donors (Lipinski definition) is 2. The van der Waals surface area contributed by atoms with Gasteiger partial charge in [0.2, 0.25) is 5.91 Å². The molecule has 1 unspecified atom stereocenters. The molecule has 1 rings (SSSR count). The molecular formula is C15H19F2NO3. The first-order valence-electron chi connectivity index (χ1n) is 6.61. The normalized spacial score (nSPS) is 13.1. The molecule has 2 N–H and O–H groups in total. The highest BCUT2D eigenvalue weighted by molar-refractivity contribution is 5.92. The third-order valence-electron chi connectivity index (χ3n) is 2.79. The lowest BCUT2D eigenvalue weighted by atomic mass is 10.1. The maximum absolute atomic E-state index is 12.1. The topological polar surface area (TPSA) is 58.6 Å². The van der Waals surface area contributed by atoms with Gasteiger partial charge in [0.05, 0.1) is 6.10 Å². The van der Waals surface area contributed by atoms with Gasteiger partial charge in [-0.15, -0.1) is 0 Å². The van der Waals surface area contributed by atoms with Crippen LogP contribution in [0.5, 0.6) is 5.75 Å². The van der Waals surface area contributed by atoms with Gasteiger partial charge in [-0.25, -0.2) is 0 Å². The lowest BCUT2D eigenvalue weighted by Crippen LogP contribution is -2.28. The van der Waals surface area contributed by atoms with Crippen LogP contribution in [-0.4, -0.2) is 24.2 Å². The third kappa shape index (κ3) is 5.91. The van der Waals surface area contributed by atoms with Gasteiger partial charge in [0.15, 0.2) is 0 Å². The Morgan fingerprint density at radius 1 is 1.48 bits per heavy atom. The van der Waals surface area contributed by atoms with Crippen molar-refractivity contribution >= 4 is 5.91 Å². The molecular weight excluding hydrogens is 280 g/mol. The molecule has 1 aromatic rings. The molecule has 0 aliphatic rings. The molecule has 4 nitrogen and oxygen atoms in total. The average molecular weight is 299 g/mol. The molecule has 116 valence electrons. The van der Waals surface area contributed by atoms with E-state index in [-0.39, 0.29) is 18.2 Å². The van der Waals surface area contributed by atoms with Crippen LogP contribution in [0.4, 0.5) is 8.78 Å². The molecule has 1 amide bonds. The summed E-state index contributed by atoms with van der Waals surface area (Å²) in [6.07, 6.45) is 1.53. The fraction of sp³-hybridized carbons (Fsp3) is 0.400. The Morgan fingerprint density at radius 3 is 2.81 bits per heavy atom. The summed E-state index contributed by atoms with van der Waals surface area (Å²) in [6, 6.07) is 5.76. The van der Waals surface area contributed by atoms with E-state index in [0.717, 1.165) is 6.42 Å². The second-order valence-corrected chi connectivity index (χ2v) is 4.47. The van der Waals surface area contributed by atoms with Gasteiger partial charge in [0.25, 0.3) is 0 Å². The molecule has 0 aliphatic heterocycles. The number of amides is 1. The van der Waals surface area contributed by atoms with Crippen molar-refractivity contribution in [3.63, 3.8) is 0 Å². The molecule has 0 saturated heterocycles. The van der Waals surface area contributed by atoms with E-state index in [1.807, 2.05) is 6.92 Å². The Hall–Kier alpha value is -1.95. The predicted molar refractivity (Wildman–Crippen MR) is 75.1 cm³/mol. The predicted octanol–water partition coefficient (Wildman–Crippen LogP) is 2.79. The molecule has 0 fully saturated rings. The minimum atomic E-state index is -2.92. The van der Waals surface area contributed by atoms with Crippen LogP contribution in [0.3, 0.4) is 0 Å². The lowest BCUT2D eigenvalue weighted by molar-refractivity contribution is -0.117. The maximum Gasteiger partial charge on any atom is 0.387 e. The number of allylic oxidation sites excluding steroid dienone is 1. The maximum atomic E-state index is 12.1. The van der Waals surface area contributed by atoms with Gasteiger partial charge in [-0.2, -0.15) is 8.78 Å². The number of aliphatic hydroxyl groups is 1. The summed E-state index contributed by atoms with van der Waals surface area (Å²) >= 11 is 0. The van der Waals surface area contributed by atoms with Crippen molar-refractivity contribution in [3.8, 4) is 5.75 Å². The highest BCUT2D eigenvalue weighted by atomic mass is 19.3. The number of halogens is 2. The third-order valence-corrected chi connectivity index (χ3v) is 2.79. The smallest absolute Gasteiger partial charge is 0.387 e. The summed E-state index contributed by atoms with van der Waals surface area (Å²) in [5.41, 5.74) is 0.963. The highest BCUT2D eigenvalue weighted by Crippen LogP contribution is 2.20. The van der Waals surface area contributed by atoms with Crippen LogP contribution in [0.25, 0.3) is 0 Å². The number of hydrogen-bond acceptors (Lipinski definition) is 3. The van der Waals surface area contributed by atoms with E-state index in [4.69, 9.17) is 0 Å². The molecule has 0 aliphatic carbocycles. The Kier molecular flexibility index (Phi) is 6.81. The van der Waals surface area contributed by atoms with Gasteiger partial charge >= 0.3 is 6.61 Å². The number of aliphatic hydroxyl groups excluding tert-OH is 1. The van der Waals surface area contributed by atoms with Crippen molar-refractivity contribution < 1.29 is 23.4 Å². The molecule has 0 radical (unpaired) electrons. The largest absolute Gasteiger partial charge is 0.435 e. The molecule has 0 aromatic heterocycles. The second-order valence-electron chi connectivity index (χ2n) is 4.47. The molecule has 0 saturated carbocycles. The summed E-state index contributed by atoms with van der Waals surface area (Å²) in [7, 11) is 0. The number of nitrogens with one attached hydrogen (secondary N) is 1. The van der Waals surface area contributed by atoms with Gasteiger partial charge in [-0.3, -0.25) is 4.79 Å². The molecule has 0 spiro atoms. The van der Waals surface area contributed by atoms with Crippen molar-refractivity contribution in [1.82, 2.24) is 5.32 Å². The number of ether oxygens (including phenoxy) is 1. The molecule has 0 heterocycles. The number of benzene rings is 1. The zero-order chi connectivity index (χ0) is 15.8. The van der Waals surface area contributed by atoms with Crippen LogP contribution in [-0.2, 0) is 4.79 Å². The fourth-order valence-electron chi connectivity index (χ4n) is 1.74. The zero-order valence-electron chi connectivity index (χ0n) is 12.0. The van der Waals surface area contributed by atoms with Crippen LogP contribution < -0.4 is 10.1 Å². The van der Waals surface area contributed by atoms with Crippen LogP contribution in [0.15, 0.2) is 35.9 Å². The van der Waals surface area contributed by atoms with E-state index < -0.39 is 12.7 Å². The Morgan fingerprint density at radius 2 is 2.19 bits per heavy atom. The van der Waals surface area contributed by atoms with Gasteiger partial charge in [0.1, 0.15) is 5.75 Å². The summed E-state index contributed by atoms with van der Waals surface area (Å²) in [5.74, 6) is -0.300. The van der Waals surface area contributed by atoms with E-state index in [2.05, 4.69) is 10.1 Å². The summed E-state index contributed by atoms with van der Waals surface area (Å²) in [6.45, 7) is 0.674. The summed E-state index contributed by atoms with van der Waals surface area (Å²) in [5, 5.41) is 12.5. The molecule has 1 atom stereocenters. The molecule has 21 heavy (non-hydrogen) atoms. The molecule has 0 bridgehead atoms. The van der Waals surface area contributed by atoms with E-state index in [0.29, 0.717) is 11.1 Å². The van der Waals surface area contributed by atoms with E-state index in [9.17, 15) is 18.7 Å². The fourth-order valence-corrected chi connectivity index (χ4v) is 1.74. The highest BCUT2D eigenvalue weighted by Gasteiger charge is 2.12. The number of carbonyl (C=O) groups excluding carboxylic acids is 1. The Labute approximate surface area is 122 Å². The van der Waals surface area contributed by atoms with Gasteiger partial charge in [-0.05, 0) is 31.0 Å². The zero-order valence-corrected chi connectivity index (χ0v) is 12.0. The first-order valence-corrected chi connectivity index (χ1v) is 6.61. The SMILES string of the molecule is CC/C=C(/C)C(=O)NCC(O)c1cccc(OC(F)F)c1. The Bertz CT molecular complexity index is 503. The van der Waals surface area contributed by atoms with Crippen molar-refractivity contribution in [2.24, 2.45) is 0 Å². The monoisotopic (exact) mass is 299 g/mol.